The maximum atomic E-state index is 6.66. The highest BCUT2D eigenvalue weighted by atomic mass is 16.3. The van der Waals surface area contributed by atoms with Crippen LogP contribution in [0.4, 0.5) is 0 Å². The van der Waals surface area contributed by atoms with Crippen LogP contribution in [0.3, 0.4) is 0 Å². The lowest BCUT2D eigenvalue weighted by Crippen LogP contribution is -2.00. The van der Waals surface area contributed by atoms with Crippen molar-refractivity contribution in [1.29, 1.82) is 0 Å². The molecular weight excluding hydrogens is 737 g/mol. The number of furan rings is 2. The highest BCUT2D eigenvalue weighted by Crippen LogP contribution is 2.42. The lowest BCUT2D eigenvalue weighted by Gasteiger charge is -2.11. The minimum absolute atomic E-state index is 0.599. The van der Waals surface area contributed by atoms with Crippen LogP contribution in [0.2, 0.25) is 0 Å². The van der Waals surface area contributed by atoms with Gasteiger partial charge in [0.05, 0.1) is 5.52 Å². The summed E-state index contributed by atoms with van der Waals surface area (Å²) in [6, 6.07) is 66.3. The fourth-order valence-corrected chi connectivity index (χ4v) is 8.43. The van der Waals surface area contributed by atoms with Crippen molar-refractivity contribution >= 4 is 54.8 Å². The molecule has 8 aromatic carbocycles. The predicted molar refractivity (Wildman–Crippen MR) is 242 cm³/mol. The number of benzene rings is 8. The topological polar surface area (TPSA) is 77.8 Å². The Morgan fingerprint density at radius 3 is 1.47 bits per heavy atom. The van der Waals surface area contributed by atoms with Crippen molar-refractivity contribution in [2.24, 2.45) is 0 Å². The van der Waals surface area contributed by atoms with Crippen molar-refractivity contribution < 1.29 is 8.83 Å². The van der Waals surface area contributed by atoms with Crippen LogP contribution in [0.1, 0.15) is 0 Å². The van der Waals surface area contributed by atoms with Gasteiger partial charge in [-0.3, -0.25) is 0 Å². The molecule has 0 amide bonds. The second-order valence-corrected chi connectivity index (χ2v) is 15.0. The molecular formula is C54H32N4O2. The van der Waals surface area contributed by atoms with Crippen LogP contribution in [0.5, 0.6) is 0 Å². The molecule has 0 bridgehead atoms. The van der Waals surface area contributed by atoms with E-state index < -0.39 is 0 Å². The van der Waals surface area contributed by atoms with Crippen LogP contribution in [0, 0.1) is 0 Å². The third kappa shape index (κ3) is 5.65. The van der Waals surface area contributed by atoms with E-state index >= 15 is 0 Å². The summed E-state index contributed by atoms with van der Waals surface area (Å²) in [7, 11) is 0. The van der Waals surface area contributed by atoms with Crippen LogP contribution in [0.25, 0.3) is 122 Å². The summed E-state index contributed by atoms with van der Waals surface area (Å²) in [4.78, 5) is 20.0. The molecule has 0 radical (unpaired) electrons. The van der Waals surface area contributed by atoms with E-state index in [1.54, 1.807) is 0 Å². The lowest BCUT2D eigenvalue weighted by atomic mass is 9.95. The first-order valence-electron chi connectivity index (χ1n) is 20.0. The molecule has 0 aliphatic heterocycles. The zero-order valence-electron chi connectivity index (χ0n) is 32.1. The molecule has 4 aromatic heterocycles. The number of rotatable bonds is 6. The van der Waals surface area contributed by atoms with E-state index in [4.69, 9.17) is 28.8 Å². The maximum Gasteiger partial charge on any atom is 0.164 e. The summed E-state index contributed by atoms with van der Waals surface area (Å²) in [6.45, 7) is 0. The molecule has 0 unspecified atom stereocenters. The molecule has 0 aliphatic rings. The zero-order valence-corrected chi connectivity index (χ0v) is 32.1. The van der Waals surface area contributed by atoms with Gasteiger partial charge in [-0.25, -0.2) is 19.9 Å². The average Bonchev–Trinajstić information content (AvgIpc) is 3.91. The Morgan fingerprint density at radius 2 is 0.800 bits per heavy atom. The summed E-state index contributed by atoms with van der Waals surface area (Å²) in [5.41, 5.74) is 13.2. The quantitative estimate of drug-likeness (QED) is 0.168. The van der Waals surface area contributed by atoms with Gasteiger partial charge >= 0.3 is 0 Å². The molecule has 12 rings (SSSR count). The Labute approximate surface area is 344 Å². The Hall–Kier alpha value is -8.22. The Kier molecular flexibility index (Phi) is 7.74. The van der Waals surface area contributed by atoms with Gasteiger partial charge in [0.15, 0.2) is 23.1 Å². The highest BCUT2D eigenvalue weighted by molar-refractivity contribution is 6.21. The van der Waals surface area contributed by atoms with Crippen molar-refractivity contribution in [1.82, 2.24) is 19.9 Å². The fourth-order valence-electron chi connectivity index (χ4n) is 8.43. The van der Waals surface area contributed by atoms with Gasteiger partial charge < -0.3 is 8.83 Å². The minimum Gasteiger partial charge on any atom is -0.456 e. The standard InChI is InChI=1S/C54H32N4O2/c1-3-12-36(13-4-1)52-56-53(37-14-5-2-6-15-37)58-54(57-52)38-28-26-35(27-29-38)50-51-49(42-17-8-10-20-46(42)60-51)43-32-39(30-31-44(43)55-50)33-22-24-34(25-23-33)40-18-11-21-47-48(40)41-16-7-9-19-45(41)59-47/h1-32H. The average molecular weight is 769 g/mol. The Balaban J connectivity index is 0.942. The molecule has 6 nitrogen and oxygen atoms in total. The molecule has 0 atom stereocenters. The molecule has 0 fully saturated rings. The molecule has 0 saturated carbocycles. The molecule has 0 spiro atoms. The van der Waals surface area contributed by atoms with Crippen molar-refractivity contribution in [2.45, 2.75) is 0 Å². The molecule has 280 valence electrons. The van der Waals surface area contributed by atoms with Gasteiger partial charge in [0.25, 0.3) is 0 Å². The normalized spacial score (nSPS) is 11.7. The summed E-state index contributed by atoms with van der Waals surface area (Å²) in [5.74, 6) is 1.85. The number of pyridine rings is 1. The zero-order chi connectivity index (χ0) is 39.6. The Bertz CT molecular complexity index is 3520. The summed E-state index contributed by atoms with van der Waals surface area (Å²) in [5, 5.41) is 5.40. The van der Waals surface area contributed by atoms with E-state index in [0.717, 1.165) is 105 Å². The van der Waals surface area contributed by atoms with Crippen molar-refractivity contribution in [3.63, 3.8) is 0 Å². The number of hydrogen-bond acceptors (Lipinski definition) is 6. The minimum atomic E-state index is 0.599. The van der Waals surface area contributed by atoms with Crippen LogP contribution in [0.15, 0.2) is 203 Å². The smallest absolute Gasteiger partial charge is 0.164 e. The van der Waals surface area contributed by atoms with E-state index in [1.807, 2.05) is 91.0 Å². The van der Waals surface area contributed by atoms with Crippen LogP contribution in [-0.2, 0) is 0 Å². The highest BCUT2D eigenvalue weighted by Gasteiger charge is 2.20. The molecule has 4 heterocycles. The van der Waals surface area contributed by atoms with Gasteiger partial charge in [-0.15, -0.1) is 0 Å². The van der Waals surface area contributed by atoms with Gasteiger partial charge in [0.1, 0.15) is 22.4 Å². The van der Waals surface area contributed by atoms with E-state index in [2.05, 4.69) is 103 Å². The molecule has 6 heteroatoms. The van der Waals surface area contributed by atoms with E-state index in [1.165, 1.54) is 0 Å². The number of para-hydroxylation sites is 2. The second kappa shape index (κ2) is 13.7. The van der Waals surface area contributed by atoms with Gasteiger partial charge in [-0.1, -0.05) is 164 Å². The monoisotopic (exact) mass is 768 g/mol. The largest absolute Gasteiger partial charge is 0.456 e. The summed E-state index contributed by atoms with van der Waals surface area (Å²) >= 11 is 0. The lowest BCUT2D eigenvalue weighted by molar-refractivity contribution is 0.668. The third-order valence-corrected chi connectivity index (χ3v) is 11.4. The van der Waals surface area contributed by atoms with Gasteiger partial charge in [-0.2, -0.15) is 0 Å². The van der Waals surface area contributed by atoms with Gasteiger partial charge in [0, 0.05) is 49.2 Å². The van der Waals surface area contributed by atoms with Gasteiger partial charge in [-0.05, 0) is 52.6 Å². The van der Waals surface area contributed by atoms with Crippen molar-refractivity contribution in [2.75, 3.05) is 0 Å². The molecule has 0 aliphatic carbocycles. The SMILES string of the molecule is c1ccc(-c2nc(-c3ccccc3)nc(-c3ccc(-c4nc5ccc(-c6ccc(-c7cccc8oc9ccccc9c78)cc6)cc5c5c4oc4ccccc45)cc3)n2)cc1. The second-order valence-electron chi connectivity index (χ2n) is 15.0. The van der Waals surface area contributed by atoms with Crippen LogP contribution >= 0.6 is 0 Å². The summed E-state index contributed by atoms with van der Waals surface area (Å²) < 4.78 is 12.8. The maximum absolute atomic E-state index is 6.66. The van der Waals surface area contributed by atoms with E-state index in [-0.39, 0.29) is 0 Å². The third-order valence-electron chi connectivity index (χ3n) is 11.4. The van der Waals surface area contributed by atoms with Crippen molar-refractivity contribution in [3.05, 3.63) is 194 Å². The number of aromatic nitrogens is 4. The first kappa shape index (κ1) is 33.9. The number of fused-ring (bicyclic) bond motifs is 8. The van der Waals surface area contributed by atoms with E-state index in [9.17, 15) is 0 Å². The molecule has 12 aromatic rings. The fraction of sp³-hybridized carbons (Fsp3) is 0. The molecule has 0 saturated heterocycles. The van der Waals surface area contributed by atoms with E-state index in [0.29, 0.717) is 17.5 Å². The predicted octanol–water partition coefficient (Wildman–Crippen LogP) is 14.2. The number of nitrogens with zero attached hydrogens (tertiary/aromatic N) is 4. The number of hydrogen-bond donors (Lipinski definition) is 0. The summed E-state index contributed by atoms with van der Waals surface area (Å²) in [6.07, 6.45) is 0. The first-order valence-corrected chi connectivity index (χ1v) is 20.0. The Morgan fingerprint density at radius 1 is 0.300 bits per heavy atom. The van der Waals surface area contributed by atoms with Crippen molar-refractivity contribution in [3.8, 4) is 67.7 Å². The van der Waals surface area contributed by atoms with Crippen LogP contribution < -0.4 is 0 Å². The van der Waals surface area contributed by atoms with Gasteiger partial charge in [0.2, 0.25) is 0 Å². The first-order chi connectivity index (χ1) is 29.7. The molecule has 0 N–H and O–H groups in total. The van der Waals surface area contributed by atoms with Crippen LogP contribution in [-0.4, -0.2) is 19.9 Å². The molecule has 60 heavy (non-hydrogen) atoms.